The number of hydrogen-bond acceptors (Lipinski definition) is 4. The van der Waals surface area contributed by atoms with Crippen molar-refractivity contribution in [2.75, 3.05) is 6.54 Å². The minimum atomic E-state index is -3.92. The first-order valence-corrected chi connectivity index (χ1v) is 9.45. The van der Waals surface area contributed by atoms with Crippen LogP contribution >= 0.6 is 11.6 Å². The Hall–Kier alpha value is -1.52. The standard InChI is InChI=1S/C14H20ClF2N5O2S/c1-8(21-11(4)13(15)9(2)20-21)5-6-19-25(23,24)12-7-18-22(10(12)3)14(16)17/h7-8,14,19H,5-6H2,1-4H3. The van der Waals surface area contributed by atoms with E-state index in [0.29, 0.717) is 21.8 Å². The van der Waals surface area contributed by atoms with Gasteiger partial charge in [0.15, 0.2) is 0 Å². The second-order valence-electron chi connectivity index (χ2n) is 5.78. The van der Waals surface area contributed by atoms with Crippen LogP contribution in [0.3, 0.4) is 0 Å². The summed E-state index contributed by atoms with van der Waals surface area (Å²) in [6.07, 6.45) is 1.38. The van der Waals surface area contributed by atoms with Gasteiger partial charge in [-0.25, -0.2) is 17.8 Å². The van der Waals surface area contributed by atoms with Crippen LogP contribution in [0.4, 0.5) is 8.78 Å². The Morgan fingerprint density at radius 3 is 2.36 bits per heavy atom. The molecule has 0 saturated carbocycles. The molecule has 25 heavy (non-hydrogen) atoms. The maximum absolute atomic E-state index is 12.7. The van der Waals surface area contributed by atoms with Gasteiger partial charge < -0.3 is 0 Å². The number of halogens is 3. The molecule has 2 aromatic rings. The zero-order valence-electron chi connectivity index (χ0n) is 14.3. The molecule has 0 aliphatic heterocycles. The lowest BCUT2D eigenvalue weighted by atomic mass is 10.2. The summed E-state index contributed by atoms with van der Waals surface area (Å²) in [4.78, 5) is -0.255. The molecule has 7 nitrogen and oxygen atoms in total. The number of sulfonamides is 1. The Balaban J connectivity index is 2.04. The Kier molecular flexibility index (Phi) is 5.85. The predicted molar refractivity (Wildman–Crippen MR) is 89.4 cm³/mol. The molecule has 0 radical (unpaired) electrons. The summed E-state index contributed by atoms with van der Waals surface area (Å²) >= 11 is 6.11. The lowest BCUT2D eigenvalue weighted by Crippen LogP contribution is -2.27. The smallest absolute Gasteiger partial charge is 0.265 e. The molecule has 0 spiro atoms. The SMILES string of the molecule is Cc1nn(C(C)CCNS(=O)(=O)c2cnn(C(F)F)c2C)c(C)c1Cl. The van der Waals surface area contributed by atoms with E-state index in [4.69, 9.17) is 11.6 Å². The zero-order valence-corrected chi connectivity index (χ0v) is 15.9. The summed E-state index contributed by atoms with van der Waals surface area (Å²) in [6, 6.07) is -0.0845. The zero-order chi connectivity index (χ0) is 18.9. The topological polar surface area (TPSA) is 81.8 Å². The van der Waals surface area contributed by atoms with Gasteiger partial charge in [0, 0.05) is 6.54 Å². The third-order valence-electron chi connectivity index (χ3n) is 3.98. The lowest BCUT2D eigenvalue weighted by molar-refractivity contribution is 0.0541. The minimum absolute atomic E-state index is 0.0845. The number of rotatable bonds is 7. The largest absolute Gasteiger partial charge is 0.333 e. The number of hydrogen-bond donors (Lipinski definition) is 1. The molecule has 0 bridgehead atoms. The van der Waals surface area contributed by atoms with Crippen molar-refractivity contribution < 1.29 is 17.2 Å². The summed E-state index contributed by atoms with van der Waals surface area (Å²) in [5, 5.41) is 8.33. The van der Waals surface area contributed by atoms with E-state index in [1.807, 2.05) is 13.8 Å². The summed E-state index contributed by atoms with van der Waals surface area (Å²) in [7, 11) is -3.92. The highest BCUT2D eigenvalue weighted by atomic mass is 35.5. The fourth-order valence-corrected chi connectivity index (χ4v) is 3.88. The lowest BCUT2D eigenvalue weighted by Gasteiger charge is -2.15. The number of aromatic nitrogens is 4. The molecule has 11 heteroatoms. The summed E-state index contributed by atoms with van der Waals surface area (Å²) < 4.78 is 54.5. The summed E-state index contributed by atoms with van der Waals surface area (Å²) in [5.41, 5.74) is 1.41. The molecule has 140 valence electrons. The molecule has 2 rings (SSSR count). The molecule has 1 N–H and O–H groups in total. The molecule has 1 atom stereocenters. The normalized spacial score (nSPS) is 13.6. The van der Waals surface area contributed by atoms with E-state index in [9.17, 15) is 17.2 Å². The average molecular weight is 396 g/mol. The van der Waals surface area contributed by atoms with E-state index in [1.165, 1.54) is 6.92 Å². The van der Waals surface area contributed by atoms with Crippen molar-refractivity contribution in [3.8, 4) is 0 Å². The van der Waals surface area contributed by atoms with Crippen LogP contribution in [0.25, 0.3) is 0 Å². The van der Waals surface area contributed by atoms with Crippen LogP contribution in [-0.2, 0) is 10.0 Å². The second kappa shape index (κ2) is 7.38. The maximum Gasteiger partial charge on any atom is 0.333 e. The van der Waals surface area contributed by atoms with Crippen LogP contribution in [0.15, 0.2) is 11.1 Å². The van der Waals surface area contributed by atoms with Crippen molar-refractivity contribution in [2.45, 2.75) is 51.6 Å². The maximum atomic E-state index is 12.7. The van der Waals surface area contributed by atoms with Crippen LogP contribution in [0.5, 0.6) is 0 Å². The van der Waals surface area contributed by atoms with Crippen LogP contribution < -0.4 is 4.72 Å². The molecule has 2 aromatic heterocycles. The molecular weight excluding hydrogens is 376 g/mol. The third kappa shape index (κ3) is 4.01. The first kappa shape index (κ1) is 19.8. The van der Waals surface area contributed by atoms with Crippen LogP contribution in [0.2, 0.25) is 5.02 Å². The van der Waals surface area contributed by atoms with Crippen molar-refractivity contribution in [3.63, 3.8) is 0 Å². The van der Waals surface area contributed by atoms with Crippen LogP contribution in [0, 0.1) is 20.8 Å². The Morgan fingerprint density at radius 1 is 1.24 bits per heavy atom. The molecule has 2 heterocycles. The molecule has 0 aliphatic rings. The number of alkyl halides is 2. The van der Waals surface area contributed by atoms with E-state index in [0.717, 1.165) is 11.9 Å². The van der Waals surface area contributed by atoms with E-state index in [2.05, 4.69) is 14.9 Å². The predicted octanol–water partition coefficient (Wildman–Crippen LogP) is 2.98. The van der Waals surface area contributed by atoms with Crippen molar-refractivity contribution >= 4 is 21.6 Å². The summed E-state index contributed by atoms with van der Waals surface area (Å²) in [5.74, 6) is 0. The van der Waals surface area contributed by atoms with Gasteiger partial charge in [0.05, 0.1) is 34.3 Å². The highest BCUT2D eigenvalue weighted by molar-refractivity contribution is 7.89. The van der Waals surface area contributed by atoms with Crippen molar-refractivity contribution in [2.24, 2.45) is 0 Å². The molecule has 0 aliphatic carbocycles. The molecule has 0 saturated heterocycles. The van der Waals surface area contributed by atoms with Gasteiger partial charge in [0.25, 0.3) is 0 Å². The van der Waals surface area contributed by atoms with Gasteiger partial charge in [-0.1, -0.05) is 11.6 Å². The molecule has 0 amide bonds. The Morgan fingerprint density at radius 2 is 1.88 bits per heavy atom. The van der Waals surface area contributed by atoms with Gasteiger partial charge in [-0.3, -0.25) is 4.68 Å². The Labute approximate surface area is 150 Å². The van der Waals surface area contributed by atoms with Crippen LogP contribution in [0.1, 0.15) is 43.0 Å². The monoisotopic (exact) mass is 395 g/mol. The average Bonchev–Trinajstić information content (AvgIpc) is 3.03. The van der Waals surface area contributed by atoms with Crippen molar-refractivity contribution in [1.82, 2.24) is 24.3 Å². The first-order valence-electron chi connectivity index (χ1n) is 7.59. The highest BCUT2D eigenvalue weighted by Gasteiger charge is 2.23. The van der Waals surface area contributed by atoms with Gasteiger partial charge in [0.2, 0.25) is 10.0 Å². The van der Waals surface area contributed by atoms with Gasteiger partial charge in [-0.15, -0.1) is 0 Å². The molecule has 0 aromatic carbocycles. The highest BCUT2D eigenvalue weighted by Crippen LogP contribution is 2.24. The van der Waals surface area contributed by atoms with Gasteiger partial charge in [-0.05, 0) is 34.1 Å². The first-order chi connectivity index (χ1) is 11.6. The fraction of sp³-hybridized carbons (Fsp3) is 0.571. The van der Waals surface area contributed by atoms with E-state index >= 15 is 0 Å². The molecule has 0 fully saturated rings. The quantitative estimate of drug-likeness (QED) is 0.781. The number of nitrogens with one attached hydrogen (secondary N) is 1. The van der Waals surface area contributed by atoms with Crippen molar-refractivity contribution in [3.05, 3.63) is 28.3 Å². The van der Waals surface area contributed by atoms with Gasteiger partial charge in [-0.2, -0.15) is 19.0 Å². The van der Waals surface area contributed by atoms with Crippen LogP contribution in [-0.4, -0.2) is 34.5 Å². The summed E-state index contributed by atoms with van der Waals surface area (Å²) in [6.45, 7) is 4.05. The van der Waals surface area contributed by atoms with Crippen molar-refractivity contribution in [1.29, 1.82) is 0 Å². The minimum Gasteiger partial charge on any atom is -0.265 e. The van der Waals surface area contributed by atoms with E-state index in [-0.39, 0.29) is 23.2 Å². The third-order valence-corrected chi connectivity index (χ3v) is 6.09. The number of nitrogens with zero attached hydrogens (tertiary/aromatic N) is 4. The second-order valence-corrected chi connectivity index (χ2v) is 7.89. The Bertz CT molecular complexity index is 863. The van der Waals surface area contributed by atoms with E-state index < -0.39 is 16.6 Å². The molecular formula is C14H20ClF2N5O2S. The molecule has 1 unspecified atom stereocenters. The fourth-order valence-electron chi connectivity index (χ4n) is 2.54. The number of aryl methyl sites for hydroxylation is 1. The van der Waals surface area contributed by atoms with Gasteiger partial charge >= 0.3 is 6.55 Å². The van der Waals surface area contributed by atoms with E-state index in [1.54, 1.807) is 11.6 Å². The van der Waals surface area contributed by atoms with Gasteiger partial charge in [0.1, 0.15) is 4.90 Å².